The number of halogens is 1. The van der Waals surface area contributed by atoms with Gasteiger partial charge in [-0.2, -0.15) is 5.10 Å². The quantitative estimate of drug-likeness (QED) is 0.875. The molecule has 0 bridgehead atoms. The fourth-order valence-corrected chi connectivity index (χ4v) is 2.52. The Labute approximate surface area is 114 Å². The van der Waals surface area contributed by atoms with E-state index in [1.165, 1.54) is 0 Å². The Morgan fingerprint density at radius 3 is 3.10 bits per heavy atom. The van der Waals surface area contributed by atoms with Gasteiger partial charge in [-0.3, -0.25) is 14.8 Å². The number of primary amides is 1. The monoisotopic (exact) mass is 278 g/mol. The number of aromatic amines is 1. The van der Waals surface area contributed by atoms with E-state index in [2.05, 4.69) is 10.2 Å². The summed E-state index contributed by atoms with van der Waals surface area (Å²) in [5.74, 6) is 0.824. The van der Waals surface area contributed by atoms with Crippen LogP contribution >= 0.6 is 0 Å². The second kappa shape index (κ2) is 5.09. The van der Waals surface area contributed by atoms with Crippen LogP contribution in [0.2, 0.25) is 0 Å². The van der Waals surface area contributed by atoms with E-state index in [-0.39, 0.29) is 13.0 Å². The minimum atomic E-state index is -1.02. The average molecular weight is 278 g/mol. The summed E-state index contributed by atoms with van der Waals surface area (Å²) < 4.78 is 19.1. The van der Waals surface area contributed by atoms with Crippen LogP contribution in [0.4, 0.5) is 4.39 Å². The van der Waals surface area contributed by atoms with Crippen molar-refractivity contribution in [2.75, 3.05) is 6.54 Å². The summed E-state index contributed by atoms with van der Waals surface area (Å²) >= 11 is 0. The summed E-state index contributed by atoms with van der Waals surface area (Å²) in [4.78, 5) is 13.0. The zero-order valence-corrected chi connectivity index (χ0v) is 10.8. The number of H-pyrrole nitrogens is 1. The highest BCUT2D eigenvalue weighted by Crippen LogP contribution is 2.25. The van der Waals surface area contributed by atoms with Crippen LogP contribution in [0.1, 0.15) is 12.2 Å². The number of amides is 1. The predicted molar refractivity (Wildman–Crippen MR) is 69.2 cm³/mol. The molecule has 0 aliphatic carbocycles. The number of nitrogens with one attached hydrogen (secondary N) is 1. The van der Waals surface area contributed by atoms with Crippen molar-refractivity contribution in [2.45, 2.75) is 25.2 Å². The van der Waals surface area contributed by atoms with Gasteiger partial charge in [0.25, 0.3) is 0 Å². The molecule has 2 atom stereocenters. The Bertz CT molecular complexity index is 595. The molecule has 6 nitrogen and oxygen atoms in total. The van der Waals surface area contributed by atoms with Crippen molar-refractivity contribution in [1.29, 1.82) is 0 Å². The van der Waals surface area contributed by atoms with Crippen LogP contribution in [0.5, 0.6) is 0 Å². The maximum atomic E-state index is 13.4. The molecule has 0 radical (unpaired) electrons. The zero-order chi connectivity index (χ0) is 14.1. The number of hydrogen-bond acceptors (Lipinski definition) is 4. The molecular weight excluding hydrogens is 263 g/mol. The summed E-state index contributed by atoms with van der Waals surface area (Å²) in [6.45, 7) is 0.565. The van der Waals surface area contributed by atoms with Gasteiger partial charge in [-0.15, -0.1) is 0 Å². The Morgan fingerprint density at radius 2 is 2.40 bits per heavy atom. The molecule has 0 spiro atoms. The Balaban J connectivity index is 1.73. The molecule has 1 fully saturated rings. The highest BCUT2D eigenvalue weighted by atomic mass is 19.1. The topological polar surface area (TPSA) is 88.2 Å². The molecule has 1 saturated heterocycles. The predicted octanol–water partition coefficient (Wildman–Crippen LogP) is 1.07. The van der Waals surface area contributed by atoms with Crippen LogP contribution in [0, 0.1) is 0 Å². The third-order valence-electron chi connectivity index (χ3n) is 3.47. The largest absolute Gasteiger partial charge is 0.458 e. The van der Waals surface area contributed by atoms with Crippen molar-refractivity contribution in [3.8, 4) is 11.5 Å². The van der Waals surface area contributed by atoms with E-state index in [0.717, 1.165) is 5.69 Å². The second-order valence-corrected chi connectivity index (χ2v) is 4.92. The Hall–Kier alpha value is -2.15. The summed E-state index contributed by atoms with van der Waals surface area (Å²) in [6, 6.07) is 4.85. The van der Waals surface area contributed by atoms with Gasteiger partial charge in [0.2, 0.25) is 5.91 Å². The standard InChI is InChI=1S/C13H15FN4O2/c14-8-5-11(13(15)19)18(6-8)7-9-1-2-12(20-9)10-3-4-16-17-10/h1-4,8,11H,5-7H2,(H2,15,19)(H,16,17)/t8-,11+/m1/s1. The minimum absolute atomic E-state index is 0.156. The Morgan fingerprint density at radius 1 is 1.55 bits per heavy atom. The maximum absolute atomic E-state index is 13.4. The van der Waals surface area contributed by atoms with Gasteiger partial charge in [0.1, 0.15) is 17.6 Å². The number of aromatic nitrogens is 2. The number of nitrogens with zero attached hydrogens (tertiary/aromatic N) is 2. The summed E-state index contributed by atoms with van der Waals surface area (Å²) in [5, 5.41) is 6.65. The van der Waals surface area contributed by atoms with E-state index >= 15 is 0 Å². The molecule has 7 heteroatoms. The highest BCUT2D eigenvalue weighted by molar-refractivity contribution is 5.80. The van der Waals surface area contributed by atoms with E-state index in [1.807, 2.05) is 6.07 Å². The molecule has 1 aliphatic heterocycles. The van der Waals surface area contributed by atoms with Gasteiger partial charge in [-0.1, -0.05) is 0 Å². The molecule has 0 aromatic carbocycles. The smallest absolute Gasteiger partial charge is 0.234 e. The zero-order valence-electron chi connectivity index (χ0n) is 10.8. The van der Waals surface area contributed by atoms with Gasteiger partial charge in [-0.25, -0.2) is 4.39 Å². The molecule has 2 aromatic rings. The third kappa shape index (κ3) is 2.44. The second-order valence-electron chi connectivity index (χ2n) is 4.92. The number of alkyl halides is 1. The number of carbonyl (C=O) groups is 1. The minimum Gasteiger partial charge on any atom is -0.458 e. The number of hydrogen-bond donors (Lipinski definition) is 2. The first-order chi connectivity index (χ1) is 9.63. The van der Waals surface area contributed by atoms with Crippen molar-refractivity contribution in [1.82, 2.24) is 15.1 Å². The molecule has 3 N–H and O–H groups in total. The van der Waals surface area contributed by atoms with Gasteiger partial charge >= 0.3 is 0 Å². The number of nitrogens with two attached hydrogens (primary N) is 1. The molecule has 0 saturated carbocycles. The van der Waals surface area contributed by atoms with Gasteiger partial charge in [0, 0.05) is 19.2 Å². The molecule has 3 rings (SSSR count). The highest BCUT2D eigenvalue weighted by Gasteiger charge is 2.36. The van der Waals surface area contributed by atoms with Crippen LogP contribution in [-0.4, -0.2) is 39.8 Å². The number of rotatable bonds is 4. The molecule has 2 aromatic heterocycles. The number of likely N-dealkylation sites (tertiary alicyclic amines) is 1. The summed E-state index contributed by atoms with van der Waals surface area (Å²) in [7, 11) is 0. The van der Waals surface area contributed by atoms with E-state index < -0.39 is 18.1 Å². The van der Waals surface area contributed by atoms with E-state index in [4.69, 9.17) is 10.2 Å². The van der Waals surface area contributed by atoms with Crippen molar-refractivity contribution < 1.29 is 13.6 Å². The van der Waals surface area contributed by atoms with Crippen LogP contribution < -0.4 is 5.73 Å². The molecule has 20 heavy (non-hydrogen) atoms. The van der Waals surface area contributed by atoms with Gasteiger partial charge in [0.15, 0.2) is 5.76 Å². The summed E-state index contributed by atoms with van der Waals surface area (Å²) in [6.07, 6.45) is 0.771. The fourth-order valence-electron chi connectivity index (χ4n) is 2.52. The lowest BCUT2D eigenvalue weighted by Crippen LogP contribution is -2.39. The molecular formula is C13H15FN4O2. The van der Waals surface area contributed by atoms with Gasteiger partial charge < -0.3 is 10.2 Å². The molecule has 3 heterocycles. The number of furan rings is 1. The Kier molecular flexibility index (Phi) is 3.27. The van der Waals surface area contributed by atoms with E-state index in [0.29, 0.717) is 18.1 Å². The molecule has 1 amide bonds. The molecule has 1 aliphatic rings. The lowest BCUT2D eigenvalue weighted by atomic mass is 10.2. The van der Waals surface area contributed by atoms with Gasteiger partial charge in [0.05, 0.1) is 12.6 Å². The van der Waals surface area contributed by atoms with Crippen LogP contribution in [0.3, 0.4) is 0 Å². The van der Waals surface area contributed by atoms with Crippen molar-refractivity contribution in [3.05, 3.63) is 30.2 Å². The molecule has 106 valence electrons. The van der Waals surface area contributed by atoms with Crippen LogP contribution in [0.25, 0.3) is 11.5 Å². The van der Waals surface area contributed by atoms with E-state index in [9.17, 15) is 9.18 Å². The van der Waals surface area contributed by atoms with Crippen molar-refractivity contribution in [2.24, 2.45) is 5.73 Å². The number of carbonyl (C=O) groups excluding carboxylic acids is 1. The SMILES string of the molecule is NC(=O)[C@@H]1C[C@@H](F)CN1Cc1ccc(-c2ccn[nH]2)o1. The third-order valence-corrected chi connectivity index (χ3v) is 3.47. The molecule has 0 unspecified atom stereocenters. The normalized spacial score (nSPS) is 23.2. The first-order valence-electron chi connectivity index (χ1n) is 6.39. The van der Waals surface area contributed by atoms with Crippen molar-refractivity contribution >= 4 is 5.91 Å². The van der Waals surface area contributed by atoms with Gasteiger partial charge in [-0.05, 0) is 18.2 Å². The average Bonchev–Trinajstić information content (AvgIpc) is 3.09. The first-order valence-corrected chi connectivity index (χ1v) is 6.39. The fraction of sp³-hybridized carbons (Fsp3) is 0.385. The summed E-state index contributed by atoms with van der Waals surface area (Å²) in [5.41, 5.74) is 6.07. The lowest BCUT2D eigenvalue weighted by molar-refractivity contribution is -0.122. The van der Waals surface area contributed by atoms with E-state index in [1.54, 1.807) is 23.2 Å². The first kappa shape index (κ1) is 12.9. The lowest BCUT2D eigenvalue weighted by Gasteiger charge is -2.19. The maximum Gasteiger partial charge on any atom is 0.234 e. The van der Waals surface area contributed by atoms with Crippen molar-refractivity contribution in [3.63, 3.8) is 0 Å². The van der Waals surface area contributed by atoms with Crippen LogP contribution in [-0.2, 0) is 11.3 Å². The van der Waals surface area contributed by atoms with Crippen LogP contribution in [0.15, 0.2) is 28.8 Å².